The Morgan fingerprint density at radius 2 is 1.65 bits per heavy atom. The zero-order valence-corrected chi connectivity index (χ0v) is 12.1. The fourth-order valence-corrected chi connectivity index (χ4v) is 2.56. The van der Waals surface area contributed by atoms with Gasteiger partial charge in [0.25, 0.3) is 10.0 Å². The number of aromatic nitrogens is 2. The number of nitrogens with two attached hydrogens (primary N) is 1. The molecule has 1 aromatic heterocycles. The fourth-order valence-electron chi connectivity index (χ4n) is 1.62. The minimum atomic E-state index is -3.69. The zero-order valence-electron chi connectivity index (χ0n) is 11.2. The van der Waals surface area contributed by atoms with Gasteiger partial charge < -0.3 is 5.73 Å². The highest BCUT2D eigenvalue weighted by atomic mass is 32.2. The Hall–Kier alpha value is -2.15. The average molecular weight is 292 g/mol. The van der Waals surface area contributed by atoms with Gasteiger partial charge in [-0.25, -0.2) is 18.4 Å². The third-order valence-electron chi connectivity index (χ3n) is 2.79. The highest BCUT2D eigenvalue weighted by Gasteiger charge is 2.15. The van der Waals surface area contributed by atoms with Gasteiger partial charge in [0.1, 0.15) is 4.90 Å². The van der Waals surface area contributed by atoms with Gasteiger partial charge in [-0.15, -0.1) is 0 Å². The van der Waals surface area contributed by atoms with E-state index < -0.39 is 10.0 Å². The van der Waals surface area contributed by atoms with Crippen LogP contribution in [-0.2, 0) is 10.0 Å². The highest BCUT2D eigenvalue weighted by Crippen LogP contribution is 2.19. The van der Waals surface area contributed by atoms with Crippen LogP contribution in [0.1, 0.15) is 25.3 Å². The molecule has 0 radical (unpaired) electrons. The van der Waals surface area contributed by atoms with Crippen molar-refractivity contribution in [3.8, 4) is 0 Å². The molecule has 0 aliphatic rings. The summed E-state index contributed by atoms with van der Waals surface area (Å²) in [4.78, 5) is 7.32. The molecule has 0 atom stereocenters. The van der Waals surface area contributed by atoms with Crippen LogP contribution in [0.2, 0.25) is 0 Å². The van der Waals surface area contributed by atoms with Gasteiger partial charge in [-0.3, -0.25) is 4.72 Å². The Morgan fingerprint density at radius 3 is 2.15 bits per heavy atom. The quantitative estimate of drug-likeness (QED) is 0.898. The maximum atomic E-state index is 12.1. The lowest BCUT2D eigenvalue weighted by Gasteiger charge is -2.09. The van der Waals surface area contributed by atoms with Gasteiger partial charge >= 0.3 is 0 Å². The molecular formula is C13H16N4O2S. The predicted molar refractivity (Wildman–Crippen MR) is 77.8 cm³/mol. The van der Waals surface area contributed by atoms with Crippen LogP contribution >= 0.6 is 0 Å². The van der Waals surface area contributed by atoms with Crippen molar-refractivity contribution in [1.29, 1.82) is 0 Å². The first-order valence-electron chi connectivity index (χ1n) is 6.09. The van der Waals surface area contributed by atoms with Crippen LogP contribution in [0.3, 0.4) is 0 Å². The number of rotatable bonds is 4. The summed E-state index contributed by atoms with van der Waals surface area (Å²) in [5.41, 5.74) is 6.96. The first kappa shape index (κ1) is 14.3. The molecule has 0 saturated carbocycles. The first-order chi connectivity index (χ1) is 9.38. The summed E-state index contributed by atoms with van der Waals surface area (Å²) in [5, 5.41) is 0. The largest absolute Gasteiger partial charge is 0.368 e. The van der Waals surface area contributed by atoms with Gasteiger partial charge in [-0.1, -0.05) is 26.0 Å². The van der Waals surface area contributed by atoms with E-state index in [1.165, 1.54) is 12.4 Å². The van der Waals surface area contributed by atoms with Crippen molar-refractivity contribution in [2.45, 2.75) is 24.7 Å². The standard InChI is InChI=1S/C13H16N4O2S/c1-9(2)10-3-5-11(6-4-10)17-20(18,19)12-7-15-13(14)16-8-12/h3-9,17H,1-2H3,(H2,14,15,16). The van der Waals surface area contributed by atoms with E-state index in [1.54, 1.807) is 12.1 Å². The van der Waals surface area contributed by atoms with Gasteiger partial charge in [-0.05, 0) is 23.6 Å². The number of sulfonamides is 1. The topological polar surface area (TPSA) is 98.0 Å². The molecule has 3 N–H and O–H groups in total. The summed E-state index contributed by atoms with van der Waals surface area (Å²) < 4.78 is 26.7. The molecule has 106 valence electrons. The molecule has 1 heterocycles. The molecule has 0 unspecified atom stereocenters. The molecule has 1 aromatic carbocycles. The average Bonchev–Trinajstić information content (AvgIpc) is 2.39. The molecular weight excluding hydrogens is 276 g/mol. The number of hydrogen-bond acceptors (Lipinski definition) is 5. The second-order valence-electron chi connectivity index (χ2n) is 4.66. The van der Waals surface area contributed by atoms with Crippen LogP contribution in [-0.4, -0.2) is 18.4 Å². The van der Waals surface area contributed by atoms with E-state index in [4.69, 9.17) is 5.73 Å². The van der Waals surface area contributed by atoms with E-state index in [0.717, 1.165) is 5.56 Å². The Morgan fingerprint density at radius 1 is 1.10 bits per heavy atom. The van der Waals surface area contributed by atoms with E-state index in [9.17, 15) is 8.42 Å². The van der Waals surface area contributed by atoms with Crippen molar-refractivity contribution in [1.82, 2.24) is 9.97 Å². The predicted octanol–water partition coefficient (Wildman–Crippen LogP) is 1.98. The van der Waals surface area contributed by atoms with E-state index in [-0.39, 0.29) is 10.8 Å². The van der Waals surface area contributed by atoms with Crippen LogP contribution in [0.5, 0.6) is 0 Å². The maximum absolute atomic E-state index is 12.1. The Bertz CT molecular complexity index is 679. The van der Waals surface area contributed by atoms with E-state index in [1.807, 2.05) is 12.1 Å². The molecule has 20 heavy (non-hydrogen) atoms. The summed E-state index contributed by atoms with van der Waals surface area (Å²) in [6.07, 6.45) is 2.35. The lowest BCUT2D eigenvalue weighted by atomic mass is 10.0. The van der Waals surface area contributed by atoms with E-state index >= 15 is 0 Å². The lowest BCUT2D eigenvalue weighted by molar-refractivity contribution is 0.600. The van der Waals surface area contributed by atoms with Crippen LogP contribution in [0.4, 0.5) is 11.6 Å². The van der Waals surface area contributed by atoms with Crippen molar-refractivity contribution in [3.63, 3.8) is 0 Å². The van der Waals surface area contributed by atoms with Crippen LogP contribution in [0.15, 0.2) is 41.6 Å². The molecule has 0 amide bonds. The molecule has 2 rings (SSSR count). The summed E-state index contributed by atoms with van der Waals surface area (Å²) in [6, 6.07) is 7.24. The van der Waals surface area contributed by atoms with Gasteiger partial charge in [0.2, 0.25) is 5.95 Å². The van der Waals surface area contributed by atoms with Crippen molar-refractivity contribution in [3.05, 3.63) is 42.2 Å². The van der Waals surface area contributed by atoms with Gasteiger partial charge in [0.15, 0.2) is 0 Å². The summed E-state index contributed by atoms with van der Waals surface area (Å²) >= 11 is 0. The molecule has 0 saturated heterocycles. The normalized spacial score (nSPS) is 11.6. The third-order valence-corrected chi connectivity index (χ3v) is 4.12. The van der Waals surface area contributed by atoms with E-state index in [2.05, 4.69) is 28.5 Å². The van der Waals surface area contributed by atoms with Crippen molar-refractivity contribution in [2.24, 2.45) is 0 Å². The van der Waals surface area contributed by atoms with Crippen molar-refractivity contribution in [2.75, 3.05) is 10.5 Å². The first-order valence-corrected chi connectivity index (χ1v) is 7.57. The Balaban J connectivity index is 2.22. The number of benzene rings is 1. The Labute approximate surface area is 118 Å². The molecule has 6 nitrogen and oxygen atoms in total. The summed E-state index contributed by atoms with van der Waals surface area (Å²) in [5.74, 6) is 0.427. The Kier molecular flexibility index (Phi) is 3.89. The van der Waals surface area contributed by atoms with Gasteiger partial charge in [0.05, 0.1) is 12.4 Å². The smallest absolute Gasteiger partial charge is 0.264 e. The fraction of sp³-hybridized carbons (Fsp3) is 0.231. The molecule has 2 aromatic rings. The molecule has 7 heteroatoms. The third kappa shape index (κ3) is 3.24. The molecule has 0 aliphatic heterocycles. The zero-order chi connectivity index (χ0) is 14.8. The SMILES string of the molecule is CC(C)c1ccc(NS(=O)(=O)c2cnc(N)nc2)cc1. The maximum Gasteiger partial charge on any atom is 0.264 e. The molecule has 0 bridgehead atoms. The van der Waals surface area contributed by atoms with Crippen LogP contribution in [0, 0.1) is 0 Å². The number of nitrogens with one attached hydrogen (secondary N) is 1. The minimum absolute atomic E-state index is 0.0281. The van der Waals surface area contributed by atoms with Crippen LogP contribution < -0.4 is 10.5 Å². The summed E-state index contributed by atoms with van der Waals surface area (Å²) in [7, 11) is -3.69. The van der Waals surface area contributed by atoms with Gasteiger partial charge in [0, 0.05) is 5.69 Å². The monoisotopic (exact) mass is 292 g/mol. The number of nitrogen functional groups attached to an aromatic ring is 1. The molecule has 0 spiro atoms. The minimum Gasteiger partial charge on any atom is -0.368 e. The van der Waals surface area contributed by atoms with Crippen LogP contribution in [0.25, 0.3) is 0 Å². The van der Waals surface area contributed by atoms with Crippen molar-refractivity contribution < 1.29 is 8.42 Å². The summed E-state index contributed by atoms with van der Waals surface area (Å²) in [6.45, 7) is 4.15. The number of anilines is 2. The molecule has 0 fully saturated rings. The number of hydrogen-bond donors (Lipinski definition) is 2. The molecule has 0 aliphatic carbocycles. The second kappa shape index (κ2) is 5.46. The van der Waals surface area contributed by atoms with Crippen molar-refractivity contribution >= 4 is 21.7 Å². The highest BCUT2D eigenvalue weighted by molar-refractivity contribution is 7.92. The second-order valence-corrected chi connectivity index (χ2v) is 6.34. The number of nitrogens with zero attached hydrogens (tertiary/aromatic N) is 2. The van der Waals surface area contributed by atoms with E-state index in [0.29, 0.717) is 11.6 Å². The lowest BCUT2D eigenvalue weighted by Crippen LogP contribution is -2.14. The van der Waals surface area contributed by atoms with Gasteiger partial charge in [-0.2, -0.15) is 0 Å².